The molecule has 0 saturated heterocycles. The van der Waals surface area contributed by atoms with E-state index in [1.165, 1.54) is 6.20 Å². The molecule has 8 heteroatoms. The lowest BCUT2D eigenvalue weighted by Crippen LogP contribution is -2.40. The van der Waals surface area contributed by atoms with Gasteiger partial charge in [-0.15, -0.1) is 0 Å². The fourth-order valence-corrected chi connectivity index (χ4v) is 2.20. The minimum Gasteiger partial charge on any atom is -0.356 e. The Morgan fingerprint density at radius 1 is 1.59 bits per heavy atom. The molecular weight excluding hydrogens is 264 g/mol. The number of hydrogen-bond acceptors (Lipinski definition) is 5. The molecule has 0 saturated carbocycles. The zero-order chi connectivity index (χ0) is 12.4. The summed E-state index contributed by atoms with van der Waals surface area (Å²) >= 11 is 5.66. The molecule has 0 spiro atoms. The van der Waals surface area contributed by atoms with Crippen LogP contribution in [0.25, 0.3) is 0 Å². The third-order valence-electron chi connectivity index (χ3n) is 2.34. The number of aromatic nitrogens is 2. The number of anilines is 2. The van der Waals surface area contributed by atoms with Crippen molar-refractivity contribution in [1.82, 2.24) is 9.97 Å². The van der Waals surface area contributed by atoms with Gasteiger partial charge in [0.15, 0.2) is 5.82 Å². The average molecular weight is 275 g/mol. The van der Waals surface area contributed by atoms with Crippen LogP contribution in [0.3, 0.4) is 0 Å². The first-order valence-electron chi connectivity index (χ1n) is 4.96. The summed E-state index contributed by atoms with van der Waals surface area (Å²) in [6, 6.07) is -0.433. The molecule has 0 fully saturated rings. The van der Waals surface area contributed by atoms with E-state index < -0.39 is 16.8 Å². The summed E-state index contributed by atoms with van der Waals surface area (Å²) in [5, 5.41) is 5.75. The van der Waals surface area contributed by atoms with Gasteiger partial charge >= 0.3 is 0 Å². The molecule has 2 atom stereocenters. The zero-order valence-corrected chi connectivity index (χ0v) is 10.6. The molecule has 0 bridgehead atoms. The number of amides is 1. The third kappa shape index (κ3) is 2.92. The maximum Gasteiger partial charge on any atom is 0.247 e. The van der Waals surface area contributed by atoms with E-state index in [9.17, 15) is 9.00 Å². The van der Waals surface area contributed by atoms with Crippen molar-refractivity contribution in [3.63, 3.8) is 0 Å². The number of rotatable bonds is 3. The summed E-state index contributed by atoms with van der Waals surface area (Å²) in [6.07, 6.45) is 3.54. The Labute approximate surface area is 106 Å². The predicted octanol–water partition coefficient (Wildman–Crippen LogP) is 0.631. The highest BCUT2D eigenvalue weighted by atomic mass is 35.5. The monoisotopic (exact) mass is 274 g/mol. The number of nitrogens with zero attached hydrogens (tertiary/aromatic N) is 2. The standard InChI is InChI=1S/C9H11ClN4O2S/c1-17(16)3-2-5-8(15)13-6-4-11-9(10)14-7(6)12-5/h4-5H,2-3H2,1H3,(H,13,15)(H,11,12,14). The van der Waals surface area contributed by atoms with Crippen molar-refractivity contribution in [3.8, 4) is 0 Å². The molecule has 1 amide bonds. The predicted molar refractivity (Wildman–Crippen MR) is 66.6 cm³/mol. The molecule has 17 heavy (non-hydrogen) atoms. The minimum atomic E-state index is -0.923. The molecule has 6 nitrogen and oxygen atoms in total. The summed E-state index contributed by atoms with van der Waals surface area (Å²) in [5.41, 5.74) is 0.508. The van der Waals surface area contributed by atoms with Crippen LogP contribution in [0.1, 0.15) is 6.42 Å². The van der Waals surface area contributed by atoms with Crippen molar-refractivity contribution in [3.05, 3.63) is 11.5 Å². The zero-order valence-electron chi connectivity index (χ0n) is 9.07. The summed E-state index contributed by atoms with van der Waals surface area (Å²) in [7, 11) is -0.923. The highest BCUT2D eigenvalue weighted by molar-refractivity contribution is 7.84. The van der Waals surface area contributed by atoms with Crippen LogP contribution < -0.4 is 10.6 Å². The smallest absolute Gasteiger partial charge is 0.247 e. The Kier molecular flexibility index (Phi) is 3.58. The molecule has 1 aliphatic rings. The first-order chi connectivity index (χ1) is 8.06. The molecule has 2 N–H and O–H groups in total. The quantitative estimate of drug-likeness (QED) is 0.790. The van der Waals surface area contributed by atoms with E-state index >= 15 is 0 Å². The van der Waals surface area contributed by atoms with Gasteiger partial charge in [0.1, 0.15) is 11.7 Å². The van der Waals surface area contributed by atoms with Crippen LogP contribution in [0.5, 0.6) is 0 Å². The molecule has 0 aromatic carbocycles. The SMILES string of the molecule is CS(=O)CCC1Nc2nc(Cl)ncc2NC1=O. The average Bonchev–Trinajstić information content (AvgIpc) is 2.26. The van der Waals surface area contributed by atoms with E-state index in [-0.39, 0.29) is 11.2 Å². The molecular formula is C9H11ClN4O2S. The summed E-state index contributed by atoms with van der Waals surface area (Å²) < 4.78 is 11.0. The Morgan fingerprint density at radius 2 is 2.35 bits per heavy atom. The molecule has 92 valence electrons. The molecule has 1 aromatic heterocycles. The van der Waals surface area contributed by atoms with E-state index in [2.05, 4.69) is 20.6 Å². The van der Waals surface area contributed by atoms with E-state index in [0.717, 1.165) is 0 Å². The number of carbonyl (C=O) groups is 1. The number of carbonyl (C=O) groups excluding carboxylic acids is 1. The van der Waals surface area contributed by atoms with Crippen molar-refractivity contribution >= 4 is 39.8 Å². The van der Waals surface area contributed by atoms with Gasteiger partial charge in [0.05, 0.1) is 6.20 Å². The molecule has 1 aromatic rings. The number of hydrogen-bond donors (Lipinski definition) is 2. The summed E-state index contributed by atoms with van der Waals surface area (Å²) in [4.78, 5) is 19.4. The lowest BCUT2D eigenvalue weighted by Gasteiger charge is -2.25. The molecule has 2 heterocycles. The number of fused-ring (bicyclic) bond motifs is 1. The first-order valence-corrected chi connectivity index (χ1v) is 7.07. The van der Waals surface area contributed by atoms with Crippen LogP contribution >= 0.6 is 11.6 Å². The van der Waals surface area contributed by atoms with E-state index in [1.54, 1.807) is 6.26 Å². The summed E-state index contributed by atoms with van der Waals surface area (Å²) in [5.74, 6) is 0.782. The molecule has 0 radical (unpaired) electrons. The second kappa shape index (κ2) is 4.97. The Hall–Kier alpha value is -1.21. The van der Waals surface area contributed by atoms with Crippen molar-refractivity contribution in [2.24, 2.45) is 0 Å². The second-order valence-corrected chi connectivity index (χ2v) is 5.55. The van der Waals surface area contributed by atoms with Crippen LogP contribution in [0.15, 0.2) is 6.20 Å². The molecule has 0 aliphatic carbocycles. The van der Waals surface area contributed by atoms with Crippen LogP contribution in [-0.4, -0.2) is 38.1 Å². The Morgan fingerprint density at radius 3 is 3.06 bits per heavy atom. The van der Waals surface area contributed by atoms with E-state index in [0.29, 0.717) is 23.7 Å². The van der Waals surface area contributed by atoms with Gasteiger partial charge in [-0.05, 0) is 18.0 Å². The molecule has 2 unspecified atom stereocenters. The first kappa shape index (κ1) is 12.3. The van der Waals surface area contributed by atoms with Crippen molar-refractivity contribution in [2.45, 2.75) is 12.5 Å². The van der Waals surface area contributed by atoms with Crippen molar-refractivity contribution in [2.75, 3.05) is 22.6 Å². The highest BCUT2D eigenvalue weighted by Crippen LogP contribution is 2.25. The van der Waals surface area contributed by atoms with Crippen LogP contribution in [0.2, 0.25) is 5.28 Å². The van der Waals surface area contributed by atoms with E-state index in [1.807, 2.05) is 0 Å². The minimum absolute atomic E-state index is 0.116. The maximum atomic E-state index is 11.7. The number of halogens is 1. The van der Waals surface area contributed by atoms with Gasteiger partial charge in [-0.3, -0.25) is 9.00 Å². The topological polar surface area (TPSA) is 84.0 Å². The summed E-state index contributed by atoms with van der Waals surface area (Å²) in [6.45, 7) is 0. The van der Waals surface area contributed by atoms with Gasteiger partial charge in [-0.1, -0.05) is 0 Å². The van der Waals surface area contributed by atoms with Gasteiger partial charge in [-0.2, -0.15) is 4.98 Å². The van der Waals surface area contributed by atoms with Gasteiger partial charge in [0, 0.05) is 22.8 Å². The van der Waals surface area contributed by atoms with Crippen LogP contribution in [0.4, 0.5) is 11.5 Å². The lowest BCUT2D eigenvalue weighted by atomic mass is 10.1. The third-order valence-corrected chi connectivity index (χ3v) is 3.33. The Bertz CT molecular complexity index is 482. The van der Waals surface area contributed by atoms with Gasteiger partial charge in [-0.25, -0.2) is 4.98 Å². The van der Waals surface area contributed by atoms with E-state index in [4.69, 9.17) is 11.6 Å². The largest absolute Gasteiger partial charge is 0.356 e. The van der Waals surface area contributed by atoms with Crippen LogP contribution in [-0.2, 0) is 15.6 Å². The maximum absolute atomic E-state index is 11.7. The number of nitrogens with one attached hydrogen (secondary N) is 2. The van der Waals surface area contributed by atoms with Crippen LogP contribution in [0, 0.1) is 0 Å². The van der Waals surface area contributed by atoms with Crippen molar-refractivity contribution < 1.29 is 9.00 Å². The second-order valence-electron chi connectivity index (χ2n) is 3.65. The van der Waals surface area contributed by atoms with Gasteiger partial charge < -0.3 is 10.6 Å². The normalized spacial score (nSPS) is 20.1. The van der Waals surface area contributed by atoms with Crippen molar-refractivity contribution in [1.29, 1.82) is 0 Å². The molecule has 2 rings (SSSR count). The molecule has 1 aliphatic heterocycles. The van der Waals surface area contributed by atoms with Gasteiger partial charge in [0.25, 0.3) is 0 Å². The lowest BCUT2D eigenvalue weighted by molar-refractivity contribution is -0.117. The fraction of sp³-hybridized carbons (Fsp3) is 0.444. The Balaban J connectivity index is 2.14. The van der Waals surface area contributed by atoms with Gasteiger partial charge in [0.2, 0.25) is 11.2 Å². The fourth-order valence-electron chi connectivity index (χ4n) is 1.50. The highest BCUT2D eigenvalue weighted by Gasteiger charge is 2.26.